The van der Waals surface area contributed by atoms with E-state index in [1.165, 1.54) is 6.07 Å². The summed E-state index contributed by atoms with van der Waals surface area (Å²) in [7, 11) is 0. The summed E-state index contributed by atoms with van der Waals surface area (Å²) in [6.07, 6.45) is -4.89. The SMILES string of the molecule is Cl.O=C(NCc1cc(-c2ccc(C(F)(F)F)cn2)cc(F)n1)C1CC(F)CN1. The van der Waals surface area contributed by atoms with Gasteiger partial charge in [-0.2, -0.15) is 17.6 Å². The molecule has 2 unspecified atom stereocenters. The fraction of sp³-hybridized carbons (Fsp3) is 0.353. The highest BCUT2D eigenvalue weighted by Gasteiger charge is 2.31. The van der Waals surface area contributed by atoms with E-state index in [1.54, 1.807) is 0 Å². The molecule has 0 saturated carbocycles. The van der Waals surface area contributed by atoms with E-state index in [9.17, 15) is 26.7 Å². The first-order valence-electron chi connectivity index (χ1n) is 8.07. The minimum Gasteiger partial charge on any atom is -0.349 e. The van der Waals surface area contributed by atoms with Crippen LogP contribution < -0.4 is 10.6 Å². The van der Waals surface area contributed by atoms with Gasteiger partial charge in [0.25, 0.3) is 0 Å². The van der Waals surface area contributed by atoms with Crippen LogP contribution >= 0.6 is 12.4 Å². The number of hydrogen-bond donors (Lipinski definition) is 2. The van der Waals surface area contributed by atoms with Crippen molar-refractivity contribution >= 4 is 18.3 Å². The molecule has 1 saturated heterocycles. The second kappa shape index (κ2) is 8.78. The van der Waals surface area contributed by atoms with E-state index in [0.717, 1.165) is 18.2 Å². The molecular formula is C17H16ClF5N4O. The molecule has 3 rings (SSSR count). The Hall–Kier alpha value is -2.33. The third-order valence-electron chi connectivity index (χ3n) is 4.07. The Bertz CT molecular complexity index is 831. The summed E-state index contributed by atoms with van der Waals surface area (Å²) < 4.78 is 64.7. The molecule has 2 aromatic rings. The molecule has 1 aliphatic heterocycles. The molecule has 3 heterocycles. The Kier molecular flexibility index (Phi) is 6.89. The topological polar surface area (TPSA) is 66.9 Å². The van der Waals surface area contributed by atoms with Crippen molar-refractivity contribution in [3.05, 3.63) is 47.7 Å². The van der Waals surface area contributed by atoms with Crippen molar-refractivity contribution in [2.45, 2.75) is 31.4 Å². The maximum absolute atomic E-state index is 13.8. The summed E-state index contributed by atoms with van der Waals surface area (Å²) in [5.41, 5.74) is -0.392. The number of carbonyl (C=O) groups excluding carboxylic acids is 1. The lowest BCUT2D eigenvalue weighted by atomic mass is 10.1. The number of hydrogen-bond acceptors (Lipinski definition) is 4. The van der Waals surface area contributed by atoms with Crippen LogP contribution in [0.1, 0.15) is 17.7 Å². The number of nitrogens with zero attached hydrogens (tertiary/aromatic N) is 2. The second-order valence-corrected chi connectivity index (χ2v) is 6.11. The van der Waals surface area contributed by atoms with Crippen LogP contribution in [-0.4, -0.2) is 34.6 Å². The number of pyridine rings is 2. The van der Waals surface area contributed by atoms with Gasteiger partial charge in [-0.25, -0.2) is 9.37 Å². The summed E-state index contributed by atoms with van der Waals surface area (Å²) in [4.78, 5) is 19.3. The van der Waals surface area contributed by atoms with Gasteiger partial charge in [-0.1, -0.05) is 0 Å². The van der Waals surface area contributed by atoms with Crippen molar-refractivity contribution in [3.63, 3.8) is 0 Å². The monoisotopic (exact) mass is 422 g/mol. The first-order valence-corrected chi connectivity index (χ1v) is 8.07. The Labute approximate surface area is 163 Å². The normalized spacial score (nSPS) is 19.2. The first kappa shape index (κ1) is 22.0. The molecular weight excluding hydrogens is 407 g/mol. The summed E-state index contributed by atoms with van der Waals surface area (Å²) >= 11 is 0. The molecule has 2 N–H and O–H groups in total. The summed E-state index contributed by atoms with van der Waals surface area (Å²) in [5.74, 6) is -1.29. The molecule has 1 aliphatic rings. The van der Waals surface area contributed by atoms with Crippen molar-refractivity contribution < 1.29 is 26.7 Å². The number of rotatable bonds is 4. The van der Waals surface area contributed by atoms with E-state index in [1.807, 2.05) is 0 Å². The number of halogens is 6. The molecule has 0 radical (unpaired) electrons. The zero-order valence-corrected chi connectivity index (χ0v) is 15.1. The Morgan fingerprint density at radius 1 is 1.29 bits per heavy atom. The van der Waals surface area contributed by atoms with E-state index in [0.29, 0.717) is 6.20 Å². The van der Waals surface area contributed by atoms with Gasteiger partial charge in [-0.3, -0.25) is 9.78 Å². The molecule has 0 aliphatic carbocycles. The maximum Gasteiger partial charge on any atom is 0.417 e. The lowest BCUT2D eigenvalue weighted by Crippen LogP contribution is -2.40. The molecule has 11 heteroatoms. The predicted molar refractivity (Wildman–Crippen MR) is 92.8 cm³/mol. The van der Waals surface area contributed by atoms with Gasteiger partial charge >= 0.3 is 6.18 Å². The van der Waals surface area contributed by atoms with E-state index in [-0.39, 0.29) is 48.9 Å². The molecule has 5 nitrogen and oxygen atoms in total. The van der Waals surface area contributed by atoms with Crippen molar-refractivity contribution in [2.24, 2.45) is 0 Å². The number of nitrogens with one attached hydrogen (secondary N) is 2. The number of alkyl halides is 4. The fourth-order valence-corrected chi connectivity index (χ4v) is 2.72. The van der Waals surface area contributed by atoms with Crippen molar-refractivity contribution in [3.8, 4) is 11.3 Å². The highest BCUT2D eigenvalue weighted by Crippen LogP contribution is 2.29. The van der Waals surface area contributed by atoms with Crippen LogP contribution in [0.25, 0.3) is 11.3 Å². The Morgan fingerprint density at radius 3 is 2.61 bits per heavy atom. The van der Waals surface area contributed by atoms with Gasteiger partial charge in [0.1, 0.15) is 6.17 Å². The zero-order chi connectivity index (χ0) is 19.6. The van der Waals surface area contributed by atoms with Gasteiger partial charge in [0.05, 0.1) is 29.5 Å². The van der Waals surface area contributed by atoms with Crippen LogP contribution in [0.3, 0.4) is 0 Å². The highest BCUT2D eigenvalue weighted by atomic mass is 35.5. The van der Waals surface area contributed by atoms with Gasteiger partial charge in [0, 0.05) is 30.8 Å². The van der Waals surface area contributed by atoms with Gasteiger partial charge < -0.3 is 10.6 Å². The summed E-state index contributed by atoms with van der Waals surface area (Å²) in [5, 5.41) is 5.25. The van der Waals surface area contributed by atoms with E-state index in [2.05, 4.69) is 20.6 Å². The minimum absolute atomic E-state index is 0. The molecule has 1 amide bonds. The van der Waals surface area contributed by atoms with E-state index < -0.39 is 35.8 Å². The number of amides is 1. The van der Waals surface area contributed by atoms with Gasteiger partial charge in [-0.15, -0.1) is 12.4 Å². The quantitative estimate of drug-likeness (QED) is 0.587. The maximum atomic E-state index is 13.8. The molecule has 0 bridgehead atoms. The van der Waals surface area contributed by atoms with Crippen LogP contribution in [0.2, 0.25) is 0 Å². The average molecular weight is 423 g/mol. The van der Waals surface area contributed by atoms with Crippen LogP contribution in [-0.2, 0) is 17.5 Å². The van der Waals surface area contributed by atoms with Crippen LogP contribution in [0.5, 0.6) is 0 Å². The minimum atomic E-state index is -4.52. The lowest BCUT2D eigenvalue weighted by molar-refractivity contribution is -0.137. The third-order valence-corrected chi connectivity index (χ3v) is 4.07. The Balaban J connectivity index is 0.00000280. The van der Waals surface area contributed by atoms with Gasteiger partial charge in [0.2, 0.25) is 11.9 Å². The first-order chi connectivity index (χ1) is 12.7. The Morgan fingerprint density at radius 2 is 2.04 bits per heavy atom. The van der Waals surface area contributed by atoms with E-state index >= 15 is 0 Å². The molecule has 0 aromatic carbocycles. The molecule has 0 spiro atoms. The van der Waals surface area contributed by atoms with Crippen molar-refractivity contribution in [1.29, 1.82) is 0 Å². The molecule has 2 aromatic heterocycles. The summed E-state index contributed by atoms with van der Waals surface area (Å²) in [6.45, 7) is -0.0145. The highest BCUT2D eigenvalue weighted by molar-refractivity contribution is 5.85. The number of carbonyl (C=O) groups is 1. The van der Waals surface area contributed by atoms with E-state index in [4.69, 9.17) is 0 Å². The van der Waals surface area contributed by atoms with Crippen LogP contribution in [0.4, 0.5) is 22.0 Å². The second-order valence-electron chi connectivity index (χ2n) is 6.11. The fourth-order valence-electron chi connectivity index (χ4n) is 2.72. The smallest absolute Gasteiger partial charge is 0.349 e. The zero-order valence-electron chi connectivity index (χ0n) is 14.3. The molecule has 152 valence electrons. The molecule has 28 heavy (non-hydrogen) atoms. The van der Waals surface area contributed by atoms with Gasteiger partial charge in [-0.05, 0) is 18.2 Å². The molecule has 2 atom stereocenters. The summed E-state index contributed by atoms with van der Waals surface area (Å²) in [6, 6.07) is 3.77. The average Bonchev–Trinajstić information content (AvgIpc) is 3.05. The number of aromatic nitrogens is 2. The molecule has 1 fully saturated rings. The predicted octanol–water partition coefficient (Wildman–Crippen LogP) is 3.04. The van der Waals surface area contributed by atoms with Crippen molar-refractivity contribution in [2.75, 3.05) is 6.54 Å². The standard InChI is InChI=1S/C17H15F5N4O.ClH/c18-11-5-14(24-7-11)16(27)25-8-12-3-9(4-15(19)26-12)13-2-1-10(6-23-13)17(20,21)22;/h1-4,6,11,14,24H,5,7-8H2,(H,25,27);1H. The van der Waals surface area contributed by atoms with Gasteiger partial charge in [0.15, 0.2) is 0 Å². The third kappa shape index (κ3) is 5.35. The van der Waals surface area contributed by atoms with Crippen LogP contribution in [0.15, 0.2) is 30.5 Å². The largest absolute Gasteiger partial charge is 0.417 e. The van der Waals surface area contributed by atoms with Crippen LogP contribution in [0, 0.1) is 5.95 Å². The van der Waals surface area contributed by atoms with Crippen molar-refractivity contribution in [1.82, 2.24) is 20.6 Å². The lowest BCUT2D eigenvalue weighted by Gasteiger charge is -2.11.